The van der Waals surface area contributed by atoms with E-state index in [2.05, 4.69) is 5.32 Å². The Morgan fingerprint density at radius 1 is 1.42 bits per heavy atom. The lowest BCUT2D eigenvalue weighted by molar-refractivity contribution is -0.131. The van der Waals surface area contributed by atoms with Crippen molar-refractivity contribution in [2.24, 2.45) is 0 Å². The van der Waals surface area contributed by atoms with E-state index < -0.39 is 11.9 Å². The molecule has 6 heteroatoms. The lowest BCUT2D eigenvalue weighted by Crippen LogP contribution is -2.14. The van der Waals surface area contributed by atoms with Gasteiger partial charge in [0.05, 0.1) is 12.8 Å². The van der Waals surface area contributed by atoms with E-state index in [0.717, 1.165) is 11.6 Å². The molecule has 0 bridgehead atoms. The van der Waals surface area contributed by atoms with Crippen LogP contribution in [0.5, 0.6) is 5.75 Å². The fourth-order valence-electron chi connectivity index (χ4n) is 1.40. The number of rotatable bonds is 4. The zero-order chi connectivity index (χ0) is 14.6. The van der Waals surface area contributed by atoms with E-state index in [-0.39, 0.29) is 5.57 Å². The number of hydrogen-bond donors (Lipinski definition) is 2. The Morgan fingerprint density at radius 2 is 2.05 bits per heavy atom. The highest BCUT2D eigenvalue weighted by atomic mass is 35.5. The SMILES string of the molecule is COc1cc(Cl)c(C)cc1NC(=O)/C(C)=C\C(=O)O. The first-order valence-corrected chi connectivity index (χ1v) is 5.79. The van der Waals surface area contributed by atoms with Crippen molar-refractivity contribution in [3.8, 4) is 5.75 Å². The average molecular weight is 284 g/mol. The Hall–Kier alpha value is -2.01. The van der Waals surface area contributed by atoms with Gasteiger partial charge in [-0.05, 0) is 25.5 Å². The van der Waals surface area contributed by atoms with Gasteiger partial charge in [0, 0.05) is 22.7 Å². The second-order valence-electron chi connectivity index (χ2n) is 3.92. The summed E-state index contributed by atoms with van der Waals surface area (Å²) >= 11 is 5.95. The predicted molar refractivity (Wildman–Crippen MR) is 72.8 cm³/mol. The molecule has 102 valence electrons. The van der Waals surface area contributed by atoms with Gasteiger partial charge in [0.2, 0.25) is 0 Å². The number of halogens is 1. The molecular weight excluding hydrogens is 270 g/mol. The monoisotopic (exact) mass is 283 g/mol. The number of aryl methyl sites for hydroxylation is 1. The Bertz CT molecular complexity index is 552. The molecule has 2 N–H and O–H groups in total. The number of carbonyl (C=O) groups is 2. The number of ether oxygens (including phenoxy) is 1. The Kier molecular flexibility index (Phi) is 4.94. The maximum Gasteiger partial charge on any atom is 0.328 e. The van der Waals surface area contributed by atoms with Crippen molar-refractivity contribution in [3.63, 3.8) is 0 Å². The average Bonchev–Trinajstić information content (AvgIpc) is 2.32. The number of carbonyl (C=O) groups excluding carboxylic acids is 1. The van der Waals surface area contributed by atoms with Crippen molar-refractivity contribution in [2.75, 3.05) is 12.4 Å². The minimum atomic E-state index is -1.17. The molecule has 0 aliphatic carbocycles. The molecule has 0 fully saturated rings. The number of hydrogen-bond acceptors (Lipinski definition) is 3. The van der Waals surface area contributed by atoms with E-state index in [9.17, 15) is 9.59 Å². The van der Waals surface area contributed by atoms with Crippen LogP contribution in [-0.2, 0) is 9.59 Å². The van der Waals surface area contributed by atoms with Gasteiger partial charge in [-0.1, -0.05) is 11.6 Å². The molecule has 0 radical (unpaired) electrons. The van der Waals surface area contributed by atoms with Crippen LogP contribution in [0.15, 0.2) is 23.8 Å². The second kappa shape index (κ2) is 6.24. The highest BCUT2D eigenvalue weighted by molar-refractivity contribution is 6.31. The normalized spacial score (nSPS) is 11.1. The fraction of sp³-hybridized carbons (Fsp3) is 0.231. The summed E-state index contributed by atoms with van der Waals surface area (Å²) in [6.45, 7) is 3.20. The number of amides is 1. The third-order valence-electron chi connectivity index (χ3n) is 2.43. The third kappa shape index (κ3) is 3.99. The highest BCUT2D eigenvalue weighted by Gasteiger charge is 2.12. The maximum atomic E-state index is 11.8. The first-order valence-electron chi connectivity index (χ1n) is 5.42. The molecule has 1 aromatic carbocycles. The van der Waals surface area contributed by atoms with E-state index in [1.54, 1.807) is 19.1 Å². The van der Waals surface area contributed by atoms with Gasteiger partial charge in [-0.15, -0.1) is 0 Å². The van der Waals surface area contributed by atoms with Gasteiger partial charge >= 0.3 is 5.97 Å². The number of anilines is 1. The standard InChI is InChI=1S/C13H14ClNO4/c1-7-4-10(11(19-3)6-9(7)14)15-13(18)8(2)5-12(16)17/h4-6H,1-3H3,(H,15,18)(H,16,17)/b8-5-. The third-order valence-corrected chi connectivity index (χ3v) is 2.83. The summed E-state index contributed by atoms with van der Waals surface area (Å²) in [4.78, 5) is 22.3. The van der Waals surface area contributed by atoms with Gasteiger partial charge < -0.3 is 15.2 Å². The van der Waals surface area contributed by atoms with Crippen LogP contribution >= 0.6 is 11.6 Å². The maximum absolute atomic E-state index is 11.8. The van der Waals surface area contributed by atoms with Gasteiger partial charge in [0.25, 0.3) is 5.91 Å². The lowest BCUT2D eigenvalue weighted by atomic mass is 10.2. The molecule has 0 saturated heterocycles. The van der Waals surface area contributed by atoms with Crippen molar-refractivity contribution in [2.45, 2.75) is 13.8 Å². The van der Waals surface area contributed by atoms with E-state index in [1.165, 1.54) is 14.0 Å². The lowest BCUT2D eigenvalue weighted by Gasteiger charge is -2.12. The van der Waals surface area contributed by atoms with Crippen LogP contribution in [-0.4, -0.2) is 24.1 Å². The quantitative estimate of drug-likeness (QED) is 0.833. The molecule has 0 aliphatic rings. The molecule has 0 spiro atoms. The number of carboxylic acids is 1. The molecule has 1 rings (SSSR count). The minimum Gasteiger partial charge on any atom is -0.495 e. The van der Waals surface area contributed by atoms with E-state index in [1.807, 2.05) is 0 Å². The van der Waals surface area contributed by atoms with E-state index >= 15 is 0 Å². The molecular formula is C13H14ClNO4. The van der Waals surface area contributed by atoms with Crippen LogP contribution in [0.3, 0.4) is 0 Å². The second-order valence-corrected chi connectivity index (χ2v) is 4.33. The van der Waals surface area contributed by atoms with Crippen LogP contribution in [0.25, 0.3) is 0 Å². The molecule has 0 heterocycles. The first kappa shape index (κ1) is 15.0. The molecule has 5 nitrogen and oxygen atoms in total. The van der Waals surface area contributed by atoms with Crippen molar-refractivity contribution in [1.29, 1.82) is 0 Å². The summed E-state index contributed by atoms with van der Waals surface area (Å²) in [5.74, 6) is -1.28. The van der Waals surface area contributed by atoms with E-state index in [4.69, 9.17) is 21.4 Å². The van der Waals surface area contributed by atoms with Gasteiger partial charge in [-0.3, -0.25) is 4.79 Å². The molecule has 0 atom stereocenters. The van der Waals surface area contributed by atoms with Crippen LogP contribution in [0.1, 0.15) is 12.5 Å². The largest absolute Gasteiger partial charge is 0.495 e. The van der Waals surface area contributed by atoms with Gasteiger partial charge in [0.1, 0.15) is 5.75 Å². The minimum absolute atomic E-state index is 0.0853. The molecule has 0 saturated carbocycles. The zero-order valence-electron chi connectivity index (χ0n) is 10.8. The van der Waals surface area contributed by atoms with Crippen molar-refractivity contribution in [1.82, 2.24) is 0 Å². The number of aliphatic carboxylic acids is 1. The van der Waals surface area contributed by atoms with Gasteiger partial charge in [0.15, 0.2) is 0 Å². The number of benzene rings is 1. The van der Waals surface area contributed by atoms with Gasteiger partial charge in [-0.25, -0.2) is 4.79 Å². The number of methoxy groups -OCH3 is 1. The summed E-state index contributed by atoms with van der Waals surface area (Å²) in [5.41, 5.74) is 1.30. The predicted octanol–water partition coefficient (Wildman–Crippen LogP) is 2.63. The summed E-state index contributed by atoms with van der Waals surface area (Å²) < 4.78 is 5.11. The fourth-order valence-corrected chi connectivity index (χ4v) is 1.56. The molecule has 0 aromatic heterocycles. The highest BCUT2D eigenvalue weighted by Crippen LogP contribution is 2.31. The van der Waals surface area contributed by atoms with Crippen molar-refractivity contribution < 1.29 is 19.4 Å². The molecule has 0 unspecified atom stereocenters. The summed E-state index contributed by atoms with van der Waals surface area (Å²) in [6.07, 6.45) is 0.838. The Balaban J connectivity index is 3.03. The molecule has 0 aliphatic heterocycles. The topological polar surface area (TPSA) is 75.6 Å². The van der Waals surface area contributed by atoms with Crippen LogP contribution in [0.4, 0.5) is 5.69 Å². The summed E-state index contributed by atoms with van der Waals surface area (Å²) in [7, 11) is 1.45. The van der Waals surface area contributed by atoms with Crippen molar-refractivity contribution >= 4 is 29.2 Å². The first-order chi connectivity index (χ1) is 8.85. The smallest absolute Gasteiger partial charge is 0.328 e. The molecule has 1 aromatic rings. The van der Waals surface area contributed by atoms with Crippen LogP contribution in [0.2, 0.25) is 5.02 Å². The summed E-state index contributed by atoms with van der Waals surface area (Å²) in [6, 6.07) is 3.25. The number of nitrogens with one attached hydrogen (secondary N) is 1. The number of carboxylic acid groups (broad SMARTS) is 1. The summed E-state index contributed by atoms with van der Waals surface area (Å²) in [5, 5.41) is 11.7. The molecule has 19 heavy (non-hydrogen) atoms. The van der Waals surface area contributed by atoms with E-state index in [0.29, 0.717) is 16.5 Å². The van der Waals surface area contributed by atoms with Crippen molar-refractivity contribution in [3.05, 3.63) is 34.4 Å². The van der Waals surface area contributed by atoms with Crippen LogP contribution in [0, 0.1) is 6.92 Å². The van der Waals surface area contributed by atoms with Crippen LogP contribution < -0.4 is 10.1 Å². The zero-order valence-corrected chi connectivity index (χ0v) is 11.5. The van der Waals surface area contributed by atoms with Gasteiger partial charge in [-0.2, -0.15) is 0 Å². The Labute approximate surface area is 115 Å². The Morgan fingerprint density at radius 3 is 2.58 bits per heavy atom. The molecule has 1 amide bonds.